The van der Waals surface area contributed by atoms with Crippen molar-refractivity contribution in [1.29, 1.82) is 0 Å². The molecule has 2 aromatic heterocycles. The molecule has 0 saturated heterocycles. The van der Waals surface area contributed by atoms with Gasteiger partial charge in [-0.25, -0.2) is 14.0 Å². The summed E-state index contributed by atoms with van der Waals surface area (Å²) in [6.07, 6.45) is -1.34. The molecule has 0 aliphatic rings. The summed E-state index contributed by atoms with van der Waals surface area (Å²) in [6, 6.07) is 16.0. The molecule has 0 spiro atoms. The van der Waals surface area contributed by atoms with Crippen LogP contribution in [-0.2, 0) is 6.54 Å². The van der Waals surface area contributed by atoms with Crippen molar-refractivity contribution in [2.75, 3.05) is 0 Å². The van der Waals surface area contributed by atoms with Crippen molar-refractivity contribution >= 4 is 0 Å². The van der Waals surface area contributed by atoms with Crippen LogP contribution in [0.15, 0.2) is 70.1 Å². The molecule has 0 bridgehead atoms. The molecular weight excluding hydrogens is 356 g/mol. The van der Waals surface area contributed by atoms with Gasteiger partial charge in [0.05, 0.1) is 12.2 Å². The van der Waals surface area contributed by atoms with E-state index in [0.717, 1.165) is 11.3 Å². The van der Waals surface area contributed by atoms with Crippen LogP contribution >= 0.6 is 0 Å². The maximum atomic E-state index is 12.5. The van der Waals surface area contributed by atoms with E-state index in [9.17, 15) is 13.6 Å². The molecule has 4 rings (SSSR count). The molecule has 27 heavy (non-hydrogen) atoms. The Balaban J connectivity index is 1.54. The van der Waals surface area contributed by atoms with Crippen LogP contribution in [0, 0.1) is 0 Å². The molecule has 4 aromatic rings. The van der Waals surface area contributed by atoms with E-state index in [0.29, 0.717) is 5.56 Å². The van der Waals surface area contributed by atoms with E-state index in [1.54, 1.807) is 24.3 Å². The number of hydrogen-bond donors (Lipinski definition) is 0. The van der Waals surface area contributed by atoms with Crippen molar-refractivity contribution in [3.8, 4) is 17.1 Å². The third-order valence-corrected chi connectivity index (χ3v) is 3.93. The van der Waals surface area contributed by atoms with Crippen molar-refractivity contribution in [3.05, 3.63) is 82.9 Å². The van der Waals surface area contributed by atoms with Crippen molar-refractivity contribution in [2.24, 2.45) is 0 Å². The second kappa shape index (κ2) is 6.94. The molecule has 2 heterocycles. The van der Waals surface area contributed by atoms with E-state index in [-0.39, 0.29) is 18.1 Å². The minimum absolute atomic E-state index is 0.0161. The third-order valence-electron chi connectivity index (χ3n) is 3.93. The van der Waals surface area contributed by atoms with Crippen LogP contribution < -0.4 is 5.69 Å². The molecule has 9 heteroatoms. The number of para-hydroxylation sites is 1. The van der Waals surface area contributed by atoms with E-state index in [1.807, 2.05) is 30.3 Å². The zero-order valence-corrected chi connectivity index (χ0v) is 13.9. The summed E-state index contributed by atoms with van der Waals surface area (Å²) in [5.41, 5.74) is 1.80. The molecule has 0 atom stereocenters. The maximum absolute atomic E-state index is 12.5. The number of alkyl halides is 2. The van der Waals surface area contributed by atoms with Gasteiger partial charge in [0.15, 0.2) is 0 Å². The van der Waals surface area contributed by atoms with Gasteiger partial charge in [0.2, 0.25) is 5.89 Å². The fourth-order valence-corrected chi connectivity index (χ4v) is 2.58. The first-order chi connectivity index (χ1) is 13.1. The first-order valence-electron chi connectivity index (χ1n) is 8.02. The van der Waals surface area contributed by atoms with Gasteiger partial charge in [-0.15, -0.1) is 10.2 Å². The molecule has 0 aliphatic carbocycles. The van der Waals surface area contributed by atoms with Gasteiger partial charge in [0.25, 0.3) is 5.89 Å². The van der Waals surface area contributed by atoms with Gasteiger partial charge in [-0.05, 0) is 29.8 Å². The van der Waals surface area contributed by atoms with E-state index < -0.39 is 12.3 Å². The highest BCUT2D eigenvalue weighted by Gasteiger charge is 2.17. The van der Waals surface area contributed by atoms with Crippen LogP contribution in [0.25, 0.3) is 17.1 Å². The van der Waals surface area contributed by atoms with Gasteiger partial charge >= 0.3 is 12.1 Å². The summed E-state index contributed by atoms with van der Waals surface area (Å²) < 4.78 is 32.8. The van der Waals surface area contributed by atoms with Gasteiger partial charge in [-0.3, -0.25) is 0 Å². The van der Waals surface area contributed by atoms with Crippen molar-refractivity contribution in [2.45, 2.75) is 13.0 Å². The van der Waals surface area contributed by atoms with Crippen LogP contribution in [0.1, 0.15) is 17.9 Å². The lowest BCUT2D eigenvalue weighted by molar-refractivity contribution is 0.116. The molecule has 2 aromatic carbocycles. The fourth-order valence-electron chi connectivity index (χ4n) is 2.58. The molecule has 0 saturated carbocycles. The monoisotopic (exact) mass is 369 g/mol. The Bertz CT molecular complexity index is 1100. The second-order valence-corrected chi connectivity index (χ2v) is 5.72. The van der Waals surface area contributed by atoms with Crippen LogP contribution in [0.2, 0.25) is 0 Å². The smallest absolute Gasteiger partial charge is 0.350 e. The minimum atomic E-state index is -2.81. The standard InChI is InChI=1S/C18H13F2N5O2/c19-15(20)17-23-22-16(27-17)13-8-6-12(7-9-13)10-25-18(26)24(11-21-25)14-4-2-1-3-5-14/h1-9,11,15H,10H2. The van der Waals surface area contributed by atoms with E-state index in [4.69, 9.17) is 4.42 Å². The molecule has 136 valence electrons. The normalized spacial score (nSPS) is 11.2. The summed E-state index contributed by atoms with van der Waals surface area (Å²) in [4.78, 5) is 12.5. The highest BCUT2D eigenvalue weighted by Crippen LogP contribution is 2.23. The largest absolute Gasteiger partial charge is 0.415 e. The van der Waals surface area contributed by atoms with Crippen molar-refractivity contribution in [3.63, 3.8) is 0 Å². The van der Waals surface area contributed by atoms with Crippen molar-refractivity contribution in [1.82, 2.24) is 24.5 Å². The molecule has 7 nitrogen and oxygen atoms in total. The zero-order chi connectivity index (χ0) is 18.8. The summed E-state index contributed by atoms with van der Waals surface area (Å²) >= 11 is 0. The highest BCUT2D eigenvalue weighted by atomic mass is 19.3. The van der Waals surface area contributed by atoms with Crippen LogP contribution in [0.3, 0.4) is 0 Å². The van der Waals surface area contributed by atoms with E-state index >= 15 is 0 Å². The van der Waals surface area contributed by atoms with Gasteiger partial charge in [0, 0.05) is 5.56 Å². The van der Waals surface area contributed by atoms with Crippen LogP contribution in [0.5, 0.6) is 0 Å². The predicted octanol–water partition coefficient (Wildman–Crippen LogP) is 3.07. The molecule has 0 aliphatic heterocycles. The maximum Gasteiger partial charge on any atom is 0.350 e. The lowest BCUT2D eigenvalue weighted by atomic mass is 10.1. The molecule has 0 N–H and O–H groups in total. The number of aromatic nitrogens is 5. The van der Waals surface area contributed by atoms with Crippen LogP contribution in [-0.4, -0.2) is 24.5 Å². The Morgan fingerprint density at radius 1 is 1.00 bits per heavy atom. The average Bonchev–Trinajstić information content (AvgIpc) is 3.31. The Kier molecular flexibility index (Phi) is 4.33. The summed E-state index contributed by atoms with van der Waals surface area (Å²) in [5.74, 6) is -0.700. The lowest BCUT2D eigenvalue weighted by Gasteiger charge is -2.02. The molecule has 0 unspecified atom stereocenters. The first-order valence-corrected chi connectivity index (χ1v) is 8.02. The van der Waals surface area contributed by atoms with Crippen LogP contribution in [0.4, 0.5) is 8.78 Å². The quantitative estimate of drug-likeness (QED) is 0.540. The summed E-state index contributed by atoms with van der Waals surface area (Å²) in [7, 11) is 0. The number of hydrogen-bond acceptors (Lipinski definition) is 5. The number of halogens is 2. The van der Waals surface area contributed by atoms with E-state index in [1.165, 1.54) is 15.6 Å². The SMILES string of the molecule is O=c1n(-c2ccccc2)cnn1Cc1ccc(-c2nnc(C(F)F)o2)cc1. The van der Waals surface area contributed by atoms with Gasteiger partial charge in [-0.2, -0.15) is 13.9 Å². The molecule has 0 fully saturated rings. The lowest BCUT2D eigenvalue weighted by Crippen LogP contribution is -2.24. The Labute approximate surface area is 151 Å². The average molecular weight is 369 g/mol. The third kappa shape index (κ3) is 3.39. The predicted molar refractivity (Wildman–Crippen MR) is 91.6 cm³/mol. The first kappa shape index (κ1) is 16.8. The number of rotatable bonds is 5. The second-order valence-electron chi connectivity index (χ2n) is 5.72. The van der Waals surface area contributed by atoms with Gasteiger partial charge < -0.3 is 4.42 Å². The fraction of sp³-hybridized carbons (Fsp3) is 0.111. The Morgan fingerprint density at radius 3 is 2.41 bits per heavy atom. The number of nitrogens with zero attached hydrogens (tertiary/aromatic N) is 5. The van der Waals surface area contributed by atoms with Crippen molar-refractivity contribution < 1.29 is 13.2 Å². The number of benzene rings is 2. The van der Waals surface area contributed by atoms with E-state index in [2.05, 4.69) is 15.3 Å². The minimum Gasteiger partial charge on any atom is -0.415 e. The molecule has 0 amide bonds. The van der Waals surface area contributed by atoms with Gasteiger partial charge in [-0.1, -0.05) is 30.3 Å². The zero-order valence-electron chi connectivity index (χ0n) is 13.9. The summed E-state index contributed by atoms with van der Waals surface area (Å²) in [6.45, 7) is 0.269. The molecular formula is C18H13F2N5O2. The Morgan fingerprint density at radius 2 is 1.74 bits per heavy atom. The highest BCUT2D eigenvalue weighted by molar-refractivity contribution is 5.53. The van der Waals surface area contributed by atoms with Gasteiger partial charge in [0.1, 0.15) is 6.33 Å². The Hall–Kier alpha value is -3.62. The summed E-state index contributed by atoms with van der Waals surface area (Å²) in [5, 5.41) is 11.0. The topological polar surface area (TPSA) is 78.7 Å². The molecule has 0 radical (unpaired) electrons.